The summed E-state index contributed by atoms with van der Waals surface area (Å²) in [7, 11) is 0. The molecule has 0 aliphatic heterocycles. The highest BCUT2D eigenvalue weighted by Crippen LogP contribution is 2.49. The maximum atomic E-state index is 2.39. The molecule has 0 saturated carbocycles. The first kappa shape index (κ1) is 21.7. The zero-order valence-corrected chi connectivity index (χ0v) is 21.9. The maximum absolute atomic E-state index is 2.39. The number of fused-ring (bicyclic) bond motifs is 7. The molecule has 184 valence electrons. The van der Waals surface area contributed by atoms with E-state index in [2.05, 4.69) is 146 Å². The molecule has 40 heavy (non-hydrogen) atoms. The lowest BCUT2D eigenvalue weighted by Crippen LogP contribution is -1.89. The van der Waals surface area contributed by atoms with Crippen molar-refractivity contribution >= 4 is 43.1 Å². The van der Waals surface area contributed by atoms with Crippen LogP contribution >= 0.6 is 0 Å². The number of hydrogen-bond donors (Lipinski definition) is 0. The molecule has 1 aliphatic rings. The SMILES string of the molecule is c1cc(-c2ccc3c4c(cccc24)-c2ccccc2-3)cc(-c2c3ccccc3cc3c2ccc2ccccc23)c1. The van der Waals surface area contributed by atoms with Gasteiger partial charge in [-0.2, -0.15) is 0 Å². The molecule has 8 aromatic carbocycles. The van der Waals surface area contributed by atoms with E-state index in [0.717, 1.165) is 0 Å². The lowest BCUT2D eigenvalue weighted by Gasteiger charge is -2.16. The van der Waals surface area contributed by atoms with E-state index in [1.165, 1.54) is 87.6 Å². The second kappa shape index (κ2) is 8.15. The number of benzene rings is 8. The molecule has 0 aromatic heterocycles. The van der Waals surface area contributed by atoms with Gasteiger partial charge in [-0.3, -0.25) is 0 Å². The normalized spacial score (nSPS) is 12.0. The Morgan fingerprint density at radius 3 is 1.77 bits per heavy atom. The molecule has 0 nitrogen and oxygen atoms in total. The third-order valence-electron chi connectivity index (χ3n) is 8.78. The maximum Gasteiger partial charge on any atom is -0.00201 e. The predicted octanol–water partition coefficient (Wildman–Crippen LogP) is 11.3. The molecule has 1 aliphatic carbocycles. The van der Waals surface area contributed by atoms with Crippen molar-refractivity contribution in [2.75, 3.05) is 0 Å². The zero-order valence-electron chi connectivity index (χ0n) is 21.9. The van der Waals surface area contributed by atoms with Gasteiger partial charge in [-0.05, 0) is 99.7 Å². The summed E-state index contributed by atoms with van der Waals surface area (Å²) in [5.41, 5.74) is 10.4. The lowest BCUT2D eigenvalue weighted by atomic mass is 9.88. The van der Waals surface area contributed by atoms with Crippen LogP contribution in [0.4, 0.5) is 0 Å². The van der Waals surface area contributed by atoms with Crippen LogP contribution in [-0.4, -0.2) is 0 Å². The van der Waals surface area contributed by atoms with Crippen LogP contribution in [0.15, 0.2) is 146 Å². The molecule has 0 radical (unpaired) electrons. The highest BCUT2D eigenvalue weighted by molar-refractivity contribution is 6.21. The third-order valence-corrected chi connectivity index (χ3v) is 8.78. The molecule has 0 amide bonds. The second-order valence-electron chi connectivity index (χ2n) is 10.9. The van der Waals surface area contributed by atoms with Crippen LogP contribution < -0.4 is 0 Å². The minimum atomic E-state index is 1.25. The fourth-order valence-electron chi connectivity index (χ4n) is 7.03. The molecule has 0 atom stereocenters. The van der Waals surface area contributed by atoms with Crippen LogP contribution in [0.3, 0.4) is 0 Å². The second-order valence-corrected chi connectivity index (χ2v) is 10.9. The molecule has 0 heterocycles. The molecule has 9 rings (SSSR count). The van der Waals surface area contributed by atoms with E-state index in [9.17, 15) is 0 Å². The largest absolute Gasteiger partial charge is 0.0616 e. The van der Waals surface area contributed by atoms with Crippen molar-refractivity contribution in [2.45, 2.75) is 0 Å². The smallest absolute Gasteiger partial charge is 0.00201 e. The van der Waals surface area contributed by atoms with Gasteiger partial charge >= 0.3 is 0 Å². The van der Waals surface area contributed by atoms with Crippen LogP contribution in [-0.2, 0) is 0 Å². The average molecular weight is 505 g/mol. The van der Waals surface area contributed by atoms with E-state index in [4.69, 9.17) is 0 Å². The van der Waals surface area contributed by atoms with Gasteiger partial charge in [0.05, 0.1) is 0 Å². The minimum Gasteiger partial charge on any atom is -0.0616 e. The van der Waals surface area contributed by atoms with Gasteiger partial charge in [0.15, 0.2) is 0 Å². The van der Waals surface area contributed by atoms with Crippen molar-refractivity contribution in [3.8, 4) is 44.5 Å². The summed E-state index contributed by atoms with van der Waals surface area (Å²) in [5, 5.41) is 10.4. The Balaban J connectivity index is 1.32. The van der Waals surface area contributed by atoms with Crippen molar-refractivity contribution in [2.24, 2.45) is 0 Å². The van der Waals surface area contributed by atoms with Gasteiger partial charge in [-0.25, -0.2) is 0 Å². The highest BCUT2D eigenvalue weighted by Gasteiger charge is 2.22. The average Bonchev–Trinajstić information content (AvgIpc) is 3.35. The molecule has 0 saturated heterocycles. The van der Waals surface area contributed by atoms with Crippen LogP contribution in [0.2, 0.25) is 0 Å². The fourth-order valence-corrected chi connectivity index (χ4v) is 7.03. The third kappa shape index (κ3) is 2.96. The molecule has 0 spiro atoms. The highest BCUT2D eigenvalue weighted by atomic mass is 14.3. The molecule has 0 bridgehead atoms. The predicted molar refractivity (Wildman–Crippen MR) is 172 cm³/mol. The standard InChI is InChI=1S/C40H24/c1-3-13-29-25(9-1)19-20-37-38(29)24-27-10-2-4-14-31(27)39(37)28-12-7-11-26(23-28)30-21-22-36-33-16-6-5-15-32(33)35-18-8-17-34(30)40(35)36/h1-24H. The summed E-state index contributed by atoms with van der Waals surface area (Å²) in [6.45, 7) is 0. The van der Waals surface area contributed by atoms with Crippen molar-refractivity contribution in [1.82, 2.24) is 0 Å². The minimum absolute atomic E-state index is 1.25. The van der Waals surface area contributed by atoms with Gasteiger partial charge in [0.25, 0.3) is 0 Å². The van der Waals surface area contributed by atoms with Crippen molar-refractivity contribution in [1.29, 1.82) is 0 Å². The zero-order chi connectivity index (χ0) is 26.2. The van der Waals surface area contributed by atoms with E-state index in [0.29, 0.717) is 0 Å². The van der Waals surface area contributed by atoms with Crippen LogP contribution in [0.5, 0.6) is 0 Å². The van der Waals surface area contributed by atoms with Crippen molar-refractivity contribution in [3.63, 3.8) is 0 Å². The van der Waals surface area contributed by atoms with Crippen LogP contribution in [0.25, 0.3) is 87.6 Å². The quantitative estimate of drug-likeness (QED) is 0.162. The van der Waals surface area contributed by atoms with E-state index in [-0.39, 0.29) is 0 Å². The van der Waals surface area contributed by atoms with Gasteiger partial charge in [0.2, 0.25) is 0 Å². The molecule has 0 unspecified atom stereocenters. The summed E-state index contributed by atoms with van der Waals surface area (Å²) in [4.78, 5) is 0. The van der Waals surface area contributed by atoms with E-state index in [1.54, 1.807) is 0 Å². The van der Waals surface area contributed by atoms with Gasteiger partial charge < -0.3 is 0 Å². The Morgan fingerprint density at radius 1 is 0.275 bits per heavy atom. The molecule has 8 aromatic rings. The Hall–Kier alpha value is -5.20. The van der Waals surface area contributed by atoms with Gasteiger partial charge in [0.1, 0.15) is 0 Å². The molecule has 0 fully saturated rings. The first-order chi connectivity index (χ1) is 19.8. The Bertz CT molecular complexity index is 2290. The molecule has 0 heteroatoms. The van der Waals surface area contributed by atoms with Gasteiger partial charge in [-0.1, -0.05) is 133 Å². The Morgan fingerprint density at radius 2 is 0.900 bits per heavy atom. The summed E-state index contributed by atoms with van der Waals surface area (Å²) < 4.78 is 0. The number of hydrogen-bond acceptors (Lipinski definition) is 0. The Labute approximate surface area is 232 Å². The number of rotatable bonds is 2. The summed E-state index contributed by atoms with van der Waals surface area (Å²) in [5.74, 6) is 0. The summed E-state index contributed by atoms with van der Waals surface area (Å²) >= 11 is 0. The fraction of sp³-hybridized carbons (Fsp3) is 0. The van der Waals surface area contributed by atoms with E-state index < -0.39 is 0 Å². The van der Waals surface area contributed by atoms with Crippen LogP contribution in [0, 0.1) is 0 Å². The molecule has 0 N–H and O–H groups in total. The van der Waals surface area contributed by atoms with E-state index >= 15 is 0 Å². The van der Waals surface area contributed by atoms with Crippen molar-refractivity contribution < 1.29 is 0 Å². The van der Waals surface area contributed by atoms with Crippen LogP contribution in [0.1, 0.15) is 0 Å². The molecular formula is C40H24. The first-order valence-electron chi connectivity index (χ1n) is 13.9. The summed E-state index contributed by atoms with van der Waals surface area (Å²) in [6.07, 6.45) is 0. The first-order valence-corrected chi connectivity index (χ1v) is 13.9. The van der Waals surface area contributed by atoms with Gasteiger partial charge in [-0.15, -0.1) is 0 Å². The van der Waals surface area contributed by atoms with Crippen molar-refractivity contribution in [3.05, 3.63) is 146 Å². The van der Waals surface area contributed by atoms with E-state index in [1.807, 2.05) is 0 Å². The molecular weight excluding hydrogens is 480 g/mol. The summed E-state index contributed by atoms with van der Waals surface area (Å²) in [6, 6.07) is 53.8. The monoisotopic (exact) mass is 504 g/mol. The topological polar surface area (TPSA) is 0 Å². The van der Waals surface area contributed by atoms with Gasteiger partial charge in [0, 0.05) is 0 Å². The lowest BCUT2D eigenvalue weighted by molar-refractivity contribution is 1.64. The Kier molecular flexibility index (Phi) is 4.42.